The molecule has 6 nitrogen and oxygen atoms in total. The first-order valence-electron chi connectivity index (χ1n) is 6.17. The number of esters is 1. The normalized spacial score (nSPS) is 19.7. The van der Waals surface area contributed by atoms with E-state index in [0.717, 1.165) is 38.2 Å². The Morgan fingerprint density at radius 1 is 1.61 bits per heavy atom. The van der Waals surface area contributed by atoms with Gasteiger partial charge in [-0.05, 0) is 19.9 Å². The predicted molar refractivity (Wildman–Crippen MR) is 66.9 cm³/mol. The van der Waals surface area contributed by atoms with Crippen LogP contribution >= 0.6 is 0 Å². The molecular formula is C12H20N4O2. The Morgan fingerprint density at radius 3 is 2.83 bits per heavy atom. The van der Waals surface area contributed by atoms with Gasteiger partial charge in [0.25, 0.3) is 0 Å². The maximum atomic E-state index is 11.8. The van der Waals surface area contributed by atoms with Crippen LogP contribution in [0.1, 0.15) is 18.5 Å². The molecule has 100 valence electrons. The summed E-state index contributed by atoms with van der Waals surface area (Å²) in [5.74, 6) is -0.161. The SMILES string of the molecule is CNC1(C(=O)OC)CCN(Cc2cnc[nH]2)CC1. The van der Waals surface area contributed by atoms with Crippen molar-refractivity contribution in [3.63, 3.8) is 0 Å². The highest BCUT2D eigenvalue weighted by Gasteiger charge is 2.40. The molecule has 0 amide bonds. The van der Waals surface area contributed by atoms with Gasteiger partial charge in [0.1, 0.15) is 5.54 Å². The molecule has 0 unspecified atom stereocenters. The molecule has 0 aliphatic carbocycles. The second kappa shape index (κ2) is 5.49. The van der Waals surface area contributed by atoms with Crippen molar-refractivity contribution >= 4 is 5.97 Å². The molecule has 0 spiro atoms. The van der Waals surface area contributed by atoms with E-state index in [1.54, 1.807) is 6.33 Å². The van der Waals surface area contributed by atoms with Crippen LogP contribution in [0.5, 0.6) is 0 Å². The molecule has 2 N–H and O–H groups in total. The summed E-state index contributed by atoms with van der Waals surface area (Å²) in [5, 5.41) is 3.13. The minimum Gasteiger partial charge on any atom is -0.468 e. The van der Waals surface area contributed by atoms with Gasteiger partial charge >= 0.3 is 5.97 Å². The van der Waals surface area contributed by atoms with Gasteiger partial charge in [-0.1, -0.05) is 0 Å². The average molecular weight is 252 g/mol. The molecule has 0 atom stereocenters. The fourth-order valence-electron chi connectivity index (χ4n) is 2.46. The van der Waals surface area contributed by atoms with Crippen LogP contribution < -0.4 is 5.32 Å². The van der Waals surface area contributed by atoms with Crippen LogP contribution in [0.2, 0.25) is 0 Å². The lowest BCUT2D eigenvalue weighted by atomic mass is 9.87. The third-order valence-electron chi connectivity index (χ3n) is 3.71. The quantitative estimate of drug-likeness (QED) is 0.746. The standard InChI is InChI=1S/C12H20N4O2/c1-13-12(11(17)18-2)3-5-16(6-4-12)8-10-7-14-9-15-10/h7,9,13H,3-6,8H2,1-2H3,(H,14,15). The molecule has 0 aromatic carbocycles. The minimum atomic E-state index is -0.515. The Morgan fingerprint density at radius 2 is 2.33 bits per heavy atom. The van der Waals surface area contributed by atoms with E-state index < -0.39 is 5.54 Å². The third-order valence-corrected chi connectivity index (χ3v) is 3.71. The van der Waals surface area contributed by atoms with Gasteiger partial charge in [0.15, 0.2) is 0 Å². The summed E-state index contributed by atoms with van der Waals surface area (Å²) in [6, 6.07) is 0. The first-order valence-corrected chi connectivity index (χ1v) is 6.17. The topological polar surface area (TPSA) is 70.2 Å². The van der Waals surface area contributed by atoms with Crippen molar-refractivity contribution in [1.29, 1.82) is 0 Å². The minimum absolute atomic E-state index is 0.161. The van der Waals surface area contributed by atoms with Crippen molar-refractivity contribution in [3.8, 4) is 0 Å². The van der Waals surface area contributed by atoms with Crippen LogP contribution in [0.3, 0.4) is 0 Å². The fraction of sp³-hybridized carbons (Fsp3) is 0.667. The number of aromatic amines is 1. The van der Waals surface area contributed by atoms with E-state index in [9.17, 15) is 4.79 Å². The number of nitrogens with one attached hydrogen (secondary N) is 2. The number of aromatic nitrogens is 2. The van der Waals surface area contributed by atoms with Crippen molar-refractivity contribution in [2.24, 2.45) is 0 Å². The zero-order valence-electron chi connectivity index (χ0n) is 10.9. The molecule has 18 heavy (non-hydrogen) atoms. The largest absolute Gasteiger partial charge is 0.468 e. The molecule has 1 aromatic heterocycles. The number of imidazole rings is 1. The molecule has 0 saturated carbocycles. The first kappa shape index (κ1) is 13.0. The molecule has 2 rings (SSSR count). The Kier molecular flexibility index (Phi) is 3.98. The Hall–Kier alpha value is -1.40. The number of rotatable bonds is 4. The molecule has 1 aliphatic rings. The number of likely N-dealkylation sites (tertiary alicyclic amines) is 1. The summed E-state index contributed by atoms with van der Waals surface area (Å²) in [7, 11) is 3.26. The third kappa shape index (κ3) is 2.54. The molecule has 1 aromatic rings. The number of nitrogens with zero attached hydrogens (tertiary/aromatic N) is 2. The summed E-state index contributed by atoms with van der Waals surface area (Å²) in [5.41, 5.74) is 0.587. The lowest BCUT2D eigenvalue weighted by Gasteiger charge is -2.39. The lowest BCUT2D eigenvalue weighted by Crippen LogP contribution is -2.57. The van der Waals surface area contributed by atoms with E-state index in [1.165, 1.54) is 7.11 Å². The molecule has 1 aliphatic heterocycles. The number of carbonyl (C=O) groups excluding carboxylic acids is 1. The highest BCUT2D eigenvalue weighted by molar-refractivity contribution is 5.80. The lowest BCUT2D eigenvalue weighted by molar-refractivity contribution is -0.150. The second-order valence-corrected chi connectivity index (χ2v) is 4.68. The Bertz CT molecular complexity index is 383. The molecular weight excluding hydrogens is 232 g/mol. The van der Waals surface area contributed by atoms with Crippen molar-refractivity contribution in [2.75, 3.05) is 27.2 Å². The monoisotopic (exact) mass is 252 g/mol. The molecule has 0 radical (unpaired) electrons. The van der Waals surface area contributed by atoms with Crippen LogP contribution in [0, 0.1) is 0 Å². The van der Waals surface area contributed by atoms with E-state index in [1.807, 2.05) is 13.2 Å². The molecule has 1 saturated heterocycles. The highest BCUT2D eigenvalue weighted by Crippen LogP contribution is 2.24. The number of hydrogen-bond acceptors (Lipinski definition) is 5. The van der Waals surface area contributed by atoms with Crippen molar-refractivity contribution in [1.82, 2.24) is 20.2 Å². The van der Waals surface area contributed by atoms with Crippen LogP contribution in [-0.2, 0) is 16.1 Å². The van der Waals surface area contributed by atoms with Crippen LogP contribution in [0.4, 0.5) is 0 Å². The van der Waals surface area contributed by atoms with Gasteiger partial charge in [0, 0.05) is 31.5 Å². The summed E-state index contributed by atoms with van der Waals surface area (Å²) >= 11 is 0. The molecule has 0 bridgehead atoms. The summed E-state index contributed by atoms with van der Waals surface area (Å²) in [6.45, 7) is 2.59. The van der Waals surface area contributed by atoms with Crippen LogP contribution in [0.15, 0.2) is 12.5 Å². The summed E-state index contributed by atoms with van der Waals surface area (Å²) < 4.78 is 4.89. The number of piperidine rings is 1. The van der Waals surface area contributed by atoms with Gasteiger partial charge in [-0.2, -0.15) is 0 Å². The zero-order chi connectivity index (χ0) is 13.0. The highest BCUT2D eigenvalue weighted by atomic mass is 16.5. The van der Waals surface area contributed by atoms with Gasteiger partial charge in [-0.3, -0.25) is 9.69 Å². The summed E-state index contributed by atoms with van der Waals surface area (Å²) in [4.78, 5) is 21.2. The smallest absolute Gasteiger partial charge is 0.326 e. The van der Waals surface area contributed by atoms with Gasteiger partial charge in [-0.15, -0.1) is 0 Å². The van der Waals surface area contributed by atoms with E-state index in [0.29, 0.717) is 0 Å². The van der Waals surface area contributed by atoms with Crippen molar-refractivity contribution in [3.05, 3.63) is 18.2 Å². The van der Waals surface area contributed by atoms with Crippen LogP contribution in [0.25, 0.3) is 0 Å². The van der Waals surface area contributed by atoms with Gasteiger partial charge in [0.2, 0.25) is 0 Å². The van der Waals surface area contributed by atoms with Crippen molar-refractivity contribution < 1.29 is 9.53 Å². The number of carbonyl (C=O) groups is 1. The van der Waals surface area contributed by atoms with Crippen LogP contribution in [-0.4, -0.2) is 53.6 Å². The number of ether oxygens (including phenoxy) is 1. The second-order valence-electron chi connectivity index (χ2n) is 4.68. The number of methoxy groups -OCH3 is 1. The van der Waals surface area contributed by atoms with Gasteiger partial charge in [0.05, 0.1) is 13.4 Å². The van der Waals surface area contributed by atoms with E-state index in [4.69, 9.17) is 4.74 Å². The van der Waals surface area contributed by atoms with E-state index in [2.05, 4.69) is 20.2 Å². The Labute approximate surface area is 107 Å². The fourth-order valence-corrected chi connectivity index (χ4v) is 2.46. The molecule has 6 heteroatoms. The average Bonchev–Trinajstić information content (AvgIpc) is 2.92. The van der Waals surface area contributed by atoms with Gasteiger partial charge < -0.3 is 15.0 Å². The van der Waals surface area contributed by atoms with E-state index in [-0.39, 0.29) is 5.97 Å². The number of hydrogen-bond donors (Lipinski definition) is 2. The first-order chi connectivity index (χ1) is 8.70. The number of likely N-dealkylation sites (N-methyl/N-ethyl adjacent to an activating group) is 1. The summed E-state index contributed by atoms with van der Waals surface area (Å²) in [6.07, 6.45) is 5.06. The maximum Gasteiger partial charge on any atom is 0.326 e. The maximum absolute atomic E-state index is 11.8. The zero-order valence-corrected chi connectivity index (χ0v) is 10.9. The predicted octanol–water partition coefficient (Wildman–Crippen LogP) is 0.137. The van der Waals surface area contributed by atoms with E-state index >= 15 is 0 Å². The van der Waals surface area contributed by atoms with Gasteiger partial charge in [-0.25, -0.2) is 4.98 Å². The van der Waals surface area contributed by atoms with Crippen molar-refractivity contribution in [2.45, 2.75) is 24.9 Å². The number of H-pyrrole nitrogens is 1. The molecule has 2 heterocycles. The molecule has 1 fully saturated rings. The Balaban J connectivity index is 1.92.